The summed E-state index contributed by atoms with van der Waals surface area (Å²) >= 11 is 0. The van der Waals surface area contributed by atoms with Crippen molar-refractivity contribution >= 4 is 18.3 Å². The van der Waals surface area contributed by atoms with Crippen molar-refractivity contribution in [2.75, 3.05) is 26.2 Å². The molecule has 0 aliphatic carbocycles. The molecule has 2 atom stereocenters. The Bertz CT molecular complexity index is 343. The molecule has 2 fully saturated rings. The van der Waals surface area contributed by atoms with Crippen LogP contribution in [0.2, 0.25) is 0 Å². The zero-order valence-corrected chi connectivity index (χ0v) is 14.7. The predicted octanol–water partition coefficient (Wildman–Crippen LogP) is 2.46. The summed E-state index contributed by atoms with van der Waals surface area (Å²) in [6, 6.07) is 0. The summed E-state index contributed by atoms with van der Waals surface area (Å²) in [6.07, 6.45) is 3.24. The summed E-state index contributed by atoms with van der Waals surface area (Å²) in [7, 11) is 0. The van der Waals surface area contributed by atoms with Gasteiger partial charge < -0.3 is 15.0 Å². The van der Waals surface area contributed by atoms with Crippen LogP contribution in [0.5, 0.6) is 0 Å². The molecule has 1 amide bonds. The van der Waals surface area contributed by atoms with Crippen molar-refractivity contribution in [1.29, 1.82) is 0 Å². The molecule has 2 heterocycles. The third-order valence-corrected chi connectivity index (χ3v) is 4.61. The van der Waals surface area contributed by atoms with E-state index < -0.39 is 0 Å². The van der Waals surface area contributed by atoms with Gasteiger partial charge in [-0.25, -0.2) is 0 Å². The first-order valence-electron chi connectivity index (χ1n) is 8.04. The van der Waals surface area contributed by atoms with Gasteiger partial charge in [-0.15, -0.1) is 12.4 Å². The Morgan fingerprint density at radius 1 is 1.38 bits per heavy atom. The number of hydrogen-bond donors (Lipinski definition) is 1. The average molecular weight is 319 g/mol. The fourth-order valence-electron chi connectivity index (χ4n) is 3.63. The van der Waals surface area contributed by atoms with Gasteiger partial charge in [0.2, 0.25) is 5.91 Å². The predicted molar refractivity (Wildman–Crippen MR) is 87.8 cm³/mol. The molecular weight excluding hydrogens is 288 g/mol. The molecule has 0 saturated carbocycles. The fraction of sp³-hybridized carbons (Fsp3) is 0.938. The van der Waals surface area contributed by atoms with Crippen LogP contribution < -0.4 is 5.32 Å². The number of amides is 1. The fourth-order valence-corrected chi connectivity index (χ4v) is 3.63. The van der Waals surface area contributed by atoms with Crippen LogP contribution in [0.1, 0.15) is 47.0 Å². The topological polar surface area (TPSA) is 41.6 Å². The molecule has 2 saturated heterocycles. The monoisotopic (exact) mass is 318 g/mol. The molecule has 2 rings (SSSR count). The van der Waals surface area contributed by atoms with Crippen LogP contribution in [0.15, 0.2) is 0 Å². The van der Waals surface area contributed by atoms with Gasteiger partial charge in [-0.05, 0) is 58.5 Å². The summed E-state index contributed by atoms with van der Waals surface area (Å²) < 4.78 is 5.87. The molecule has 0 spiro atoms. The molecule has 4 nitrogen and oxygen atoms in total. The van der Waals surface area contributed by atoms with Crippen LogP contribution in [0, 0.1) is 11.8 Å². The number of piperidine rings is 1. The Morgan fingerprint density at radius 2 is 2.00 bits per heavy atom. The normalized spacial score (nSPS) is 27.8. The van der Waals surface area contributed by atoms with Crippen LogP contribution >= 0.6 is 12.4 Å². The van der Waals surface area contributed by atoms with Gasteiger partial charge in [0, 0.05) is 19.5 Å². The van der Waals surface area contributed by atoms with Gasteiger partial charge in [0.25, 0.3) is 0 Å². The van der Waals surface area contributed by atoms with Crippen LogP contribution in [-0.4, -0.2) is 48.7 Å². The van der Waals surface area contributed by atoms with Crippen LogP contribution in [0.25, 0.3) is 0 Å². The second-order valence-corrected chi connectivity index (χ2v) is 7.23. The Labute approximate surface area is 135 Å². The molecule has 5 heteroatoms. The van der Waals surface area contributed by atoms with E-state index in [9.17, 15) is 4.79 Å². The van der Waals surface area contributed by atoms with Crippen molar-refractivity contribution in [3.05, 3.63) is 0 Å². The van der Waals surface area contributed by atoms with Crippen LogP contribution in [-0.2, 0) is 9.53 Å². The maximum absolute atomic E-state index is 12.5. The van der Waals surface area contributed by atoms with Crippen molar-refractivity contribution in [2.24, 2.45) is 11.8 Å². The van der Waals surface area contributed by atoms with E-state index in [1.165, 1.54) is 12.8 Å². The van der Waals surface area contributed by atoms with Gasteiger partial charge in [-0.2, -0.15) is 0 Å². The number of hydrogen-bond acceptors (Lipinski definition) is 3. The number of nitrogens with one attached hydrogen (secondary N) is 1. The first-order valence-corrected chi connectivity index (χ1v) is 8.04. The molecule has 0 bridgehead atoms. The van der Waals surface area contributed by atoms with Crippen molar-refractivity contribution in [3.63, 3.8) is 0 Å². The molecule has 0 aromatic rings. The van der Waals surface area contributed by atoms with E-state index in [0.717, 1.165) is 26.2 Å². The minimum Gasteiger partial charge on any atom is -0.369 e. The van der Waals surface area contributed by atoms with Crippen LogP contribution in [0.3, 0.4) is 0 Å². The van der Waals surface area contributed by atoms with Crippen molar-refractivity contribution in [2.45, 2.75) is 58.7 Å². The van der Waals surface area contributed by atoms with Crippen molar-refractivity contribution < 1.29 is 9.53 Å². The average Bonchev–Trinajstić information content (AvgIpc) is 2.37. The SMILES string of the molecule is CC1CN(C(=O)CC(C)C2CCNCC2)CC(C)(C)O1.Cl. The maximum atomic E-state index is 12.5. The lowest BCUT2D eigenvalue weighted by Gasteiger charge is -2.42. The molecule has 124 valence electrons. The summed E-state index contributed by atoms with van der Waals surface area (Å²) in [5, 5.41) is 3.39. The Morgan fingerprint density at radius 3 is 2.57 bits per heavy atom. The van der Waals surface area contributed by atoms with Gasteiger partial charge in [0.1, 0.15) is 0 Å². The largest absolute Gasteiger partial charge is 0.369 e. The molecule has 2 unspecified atom stereocenters. The van der Waals surface area contributed by atoms with E-state index in [1.54, 1.807) is 0 Å². The standard InChI is InChI=1S/C16H30N2O2.ClH/c1-12(14-5-7-17-8-6-14)9-15(19)18-10-13(2)20-16(3,4)11-18;/h12-14,17H,5-11H2,1-4H3;1H. The van der Waals surface area contributed by atoms with E-state index in [1.807, 2.05) is 4.90 Å². The lowest BCUT2D eigenvalue weighted by molar-refractivity contribution is -0.159. The number of rotatable bonds is 3. The second-order valence-electron chi connectivity index (χ2n) is 7.23. The number of morpholine rings is 1. The summed E-state index contributed by atoms with van der Waals surface area (Å²) in [4.78, 5) is 14.5. The Hall–Kier alpha value is -0.320. The highest BCUT2D eigenvalue weighted by Gasteiger charge is 2.34. The van der Waals surface area contributed by atoms with E-state index in [0.29, 0.717) is 24.2 Å². The molecular formula is C16H31ClN2O2. The molecule has 0 aromatic heterocycles. The smallest absolute Gasteiger partial charge is 0.223 e. The van der Waals surface area contributed by atoms with Gasteiger partial charge in [-0.1, -0.05) is 6.92 Å². The summed E-state index contributed by atoms with van der Waals surface area (Å²) in [6.45, 7) is 12.1. The number of halogens is 1. The van der Waals surface area contributed by atoms with E-state index in [2.05, 4.69) is 33.0 Å². The zero-order chi connectivity index (χ0) is 14.8. The summed E-state index contributed by atoms with van der Waals surface area (Å²) in [5.74, 6) is 1.50. The van der Waals surface area contributed by atoms with E-state index in [4.69, 9.17) is 4.74 Å². The van der Waals surface area contributed by atoms with Gasteiger partial charge in [0.05, 0.1) is 11.7 Å². The third-order valence-electron chi connectivity index (χ3n) is 4.61. The number of nitrogens with zero attached hydrogens (tertiary/aromatic N) is 1. The lowest BCUT2D eigenvalue weighted by atomic mass is 9.84. The molecule has 0 aromatic carbocycles. The minimum absolute atomic E-state index is 0. The van der Waals surface area contributed by atoms with Gasteiger partial charge >= 0.3 is 0 Å². The van der Waals surface area contributed by atoms with Crippen LogP contribution in [0.4, 0.5) is 0 Å². The number of ether oxygens (including phenoxy) is 1. The highest BCUT2D eigenvalue weighted by Crippen LogP contribution is 2.27. The van der Waals surface area contributed by atoms with E-state index >= 15 is 0 Å². The minimum atomic E-state index is -0.217. The van der Waals surface area contributed by atoms with Crippen molar-refractivity contribution in [1.82, 2.24) is 10.2 Å². The molecule has 2 aliphatic rings. The first-order chi connectivity index (χ1) is 9.37. The lowest BCUT2D eigenvalue weighted by Crippen LogP contribution is -2.54. The molecule has 2 aliphatic heterocycles. The second kappa shape index (κ2) is 7.80. The molecule has 21 heavy (non-hydrogen) atoms. The highest BCUT2D eigenvalue weighted by molar-refractivity contribution is 5.85. The van der Waals surface area contributed by atoms with Crippen molar-refractivity contribution in [3.8, 4) is 0 Å². The number of carbonyl (C=O) groups is 1. The molecule has 0 radical (unpaired) electrons. The molecule has 1 N–H and O–H groups in total. The Balaban J connectivity index is 0.00000220. The highest BCUT2D eigenvalue weighted by atomic mass is 35.5. The summed E-state index contributed by atoms with van der Waals surface area (Å²) in [5.41, 5.74) is -0.217. The zero-order valence-electron chi connectivity index (χ0n) is 13.9. The Kier molecular flexibility index (Phi) is 6.95. The van der Waals surface area contributed by atoms with Gasteiger partial charge in [0.15, 0.2) is 0 Å². The maximum Gasteiger partial charge on any atom is 0.223 e. The number of carbonyl (C=O) groups excluding carboxylic acids is 1. The van der Waals surface area contributed by atoms with E-state index in [-0.39, 0.29) is 24.1 Å². The van der Waals surface area contributed by atoms with Gasteiger partial charge in [-0.3, -0.25) is 4.79 Å². The quantitative estimate of drug-likeness (QED) is 0.869. The first kappa shape index (κ1) is 18.7. The third kappa shape index (κ3) is 5.42.